The summed E-state index contributed by atoms with van der Waals surface area (Å²) in [5.41, 5.74) is 0. The smallest absolute Gasteiger partial charge is 0.462 e. The Morgan fingerprint density at radius 1 is 0.311 bits per heavy atom. The lowest BCUT2D eigenvalue weighted by Crippen LogP contribution is -2.30. The molecule has 0 rings (SSSR count). The van der Waals surface area contributed by atoms with Crippen molar-refractivity contribution in [3.63, 3.8) is 0 Å². The molecule has 19 heteroatoms. The van der Waals surface area contributed by atoms with Gasteiger partial charge >= 0.3 is 39.5 Å². The monoisotopic (exact) mass is 1320 g/mol. The van der Waals surface area contributed by atoms with Crippen LogP contribution < -0.4 is 0 Å². The number of esters is 4. The van der Waals surface area contributed by atoms with E-state index in [1.807, 2.05) is 0 Å². The van der Waals surface area contributed by atoms with Crippen LogP contribution in [0.15, 0.2) is 24.3 Å². The van der Waals surface area contributed by atoms with Gasteiger partial charge < -0.3 is 33.8 Å². The Kier molecular flexibility index (Phi) is 63.4. The Morgan fingerprint density at radius 3 is 0.811 bits per heavy atom. The highest BCUT2D eigenvalue weighted by atomic mass is 31.2. The molecule has 0 aliphatic heterocycles. The molecule has 530 valence electrons. The number of phosphoric ester groups is 2. The van der Waals surface area contributed by atoms with Crippen LogP contribution in [0.5, 0.6) is 0 Å². The van der Waals surface area contributed by atoms with Gasteiger partial charge in [-0.15, -0.1) is 0 Å². The molecule has 0 fully saturated rings. The lowest BCUT2D eigenvalue weighted by molar-refractivity contribution is -0.161. The summed E-state index contributed by atoms with van der Waals surface area (Å²) >= 11 is 0. The van der Waals surface area contributed by atoms with Gasteiger partial charge in [0.2, 0.25) is 0 Å². The normalized spacial score (nSPS) is 14.2. The fraction of sp³-hybridized carbons (Fsp3) is 0.887. The summed E-state index contributed by atoms with van der Waals surface area (Å²) in [6.45, 7) is 4.80. The van der Waals surface area contributed by atoms with E-state index in [-0.39, 0.29) is 25.7 Å². The van der Waals surface area contributed by atoms with E-state index >= 15 is 0 Å². The Bertz CT molecular complexity index is 1820. The second kappa shape index (κ2) is 65.2. The fourth-order valence-electron chi connectivity index (χ4n) is 10.3. The maximum Gasteiger partial charge on any atom is 0.472 e. The minimum absolute atomic E-state index is 0.102. The minimum Gasteiger partial charge on any atom is -0.462 e. The zero-order valence-electron chi connectivity index (χ0n) is 57.6. The standard InChI is InChI=1S/C71H134O17P2/c1-5-9-13-17-20-23-26-29-31-32-34-37-40-43-46-50-54-58-71(76)88-67(62-82-69(74)56-52-48-44-41-38-36-33-30-27-24-21-18-14-10-6-2)64-86-90(79,80)84-60-65(72)59-83-89(77,78)85-63-66(61-81-68(73)55-51-47-16-12-8-4)87-70(75)57-53-49-45-42-39-35-28-25-22-19-15-11-7-3/h24,27,30,33,65-67,72H,5-23,25-26,28-29,31-32,34-64H2,1-4H3,(H,77,78)(H,79,80)/b27-24-,33-30-/t65-,66+,67+/m0/s1. The van der Waals surface area contributed by atoms with Crippen molar-refractivity contribution < 1.29 is 80.2 Å². The molecule has 0 aliphatic carbocycles. The number of hydrogen-bond acceptors (Lipinski definition) is 15. The molecule has 2 unspecified atom stereocenters. The Balaban J connectivity index is 5.19. The van der Waals surface area contributed by atoms with Crippen LogP contribution in [0.2, 0.25) is 0 Å². The number of ether oxygens (including phenoxy) is 4. The second-order valence-corrected chi connectivity index (χ2v) is 27.8. The number of unbranched alkanes of at least 4 members (excludes halogenated alkanes) is 41. The zero-order valence-corrected chi connectivity index (χ0v) is 59.4. The summed E-state index contributed by atoms with van der Waals surface area (Å²) in [6, 6.07) is 0. The molecular formula is C71H134O17P2. The molecule has 3 N–H and O–H groups in total. The van der Waals surface area contributed by atoms with Gasteiger partial charge in [0.05, 0.1) is 26.4 Å². The summed E-state index contributed by atoms with van der Waals surface area (Å²) in [5.74, 6) is -2.16. The molecule has 0 radical (unpaired) electrons. The molecule has 0 bridgehead atoms. The average molecular weight is 1320 g/mol. The van der Waals surface area contributed by atoms with Crippen LogP contribution in [0, 0.1) is 0 Å². The SMILES string of the molecule is CCCCCC/C=C\C=C/CCCCCCCC(=O)OC[C@H](COP(=O)(O)OC[C@@H](O)COP(=O)(O)OC[C@@H](COC(=O)CCCCCCC)OC(=O)CCCCCCCCCCCCCCC)OC(=O)CCCCCCCCCCCCCCCCCCC. The molecule has 0 spiro atoms. The Morgan fingerprint density at radius 2 is 0.533 bits per heavy atom. The highest BCUT2D eigenvalue weighted by molar-refractivity contribution is 7.47. The zero-order chi connectivity index (χ0) is 66.1. The molecule has 0 amide bonds. The van der Waals surface area contributed by atoms with E-state index in [1.165, 1.54) is 154 Å². The van der Waals surface area contributed by atoms with Crippen LogP contribution in [0.25, 0.3) is 0 Å². The number of carbonyl (C=O) groups excluding carboxylic acids is 4. The van der Waals surface area contributed by atoms with E-state index in [9.17, 15) is 43.2 Å². The summed E-state index contributed by atoms with van der Waals surface area (Å²) in [7, 11) is -9.90. The highest BCUT2D eigenvalue weighted by Gasteiger charge is 2.30. The first kappa shape index (κ1) is 87.5. The van der Waals surface area contributed by atoms with E-state index in [4.69, 9.17) is 37.0 Å². The number of phosphoric acid groups is 2. The fourth-order valence-corrected chi connectivity index (χ4v) is 11.9. The van der Waals surface area contributed by atoms with Gasteiger partial charge in [-0.25, -0.2) is 9.13 Å². The molecule has 0 heterocycles. The molecule has 0 saturated heterocycles. The van der Waals surface area contributed by atoms with Crippen LogP contribution >= 0.6 is 15.6 Å². The van der Waals surface area contributed by atoms with Gasteiger partial charge in [0.25, 0.3) is 0 Å². The van der Waals surface area contributed by atoms with Gasteiger partial charge in [0.1, 0.15) is 19.3 Å². The first-order chi connectivity index (χ1) is 43.7. The number of rotatable bonds is 70. The first-order valence-electron chi connectivity index (χ1n) is 36.6. The number of aliphatic hydroxyl groups is 1. The summed E-state index contributed by atoms with van der Waals surface area (Å²) < 4.78 is 68.1. The van der Waals surface area contributed by atoms with Gasteiger partial charge in [-0.1, -0.05) is 296 Å². The third-order valence-electron chi connectivity index (χ3n) is 16.0. The highest BCUT2D eigenvalue weighted by Crippen LogP contribution is 2.45. The van der Waals surface area contributed by atoms with Gasteiger partial charge in [-0.2, -0.15) is 0 Å². The minimum atomic E-state index is -4.96. The van der Waals surface area contributed by atoms with Crippen LogP contribution in [0.1, 0.15) is 349 Å². The lowest BCUT2D eigenvalue weighted by Gasteiger charge is -2.21. The first-order valence-corrected chi connectivity index (χ1v) is 39.6. The summed E-state index contributed by atoms with van der Waals surface area (Å²) in [6.07, 6.45) is 56.6. The van der Waals surface area contributed by atoms with E-state index in [0.29, 0.717) is 25.7 Å². The number of allylic oxidation sites excluding steroid dienone is 4. The van der Waals surface area contributed by atoms with E-state index < -0.39 is 97.5 Å². The van der Waals surface area contributed by atoms with Crippen molar-refractivity contribution in [3.05, 3.63) is 24.3 Å². The van der Waals surface area contributed by atoms with Crippen molar-refractivity contribution in [1.82, 2.24) is 0 Å². The predicted octanol–water partition coefficient (Wildman–Crippen LogP) is 20.2. The summed E-state index contributed by atoms with van der Waals surface area (Å²) in [5, 5.41) is 10.6. The van der Waals surface area contributed by atoms with Crippen LogP contribution in [0.3, 0.4) is 0 Å². The molecule has 0 aromatic heterocycles. The maximum atomic E-state index is 13.0. The predicted molar refractivity (Wildman–Crippen MR) is 363 cm³/mol. The van der Waals surface area contributed by atoms with Gasteiger partial charge in [0, 0.05) is 25.7 Å². The van der Waals surface area contributed by atoms with Crippen molar-refractivity contribution in [2.75, 3.05) is 39.6 Å². The van der Waals surface area contributed by atoms with Crippen LogP contribution in [-0.4, -0.2) is 96.7 Å². The van der Waals surface area contributed by atoms with Crippen LogP contribution in [0.4, 0.5) is 0 Å². The molecule has 0 aromatic carbocycles. The van der Waals surface area contributed by atoms with Crippen molar-refractivity contribution in [2.45, 2.75) is 367 Å². The van der Waals surface area contributed by atoms with E-state index in [2.05, 4.69) is 52.0 Å². The van der Waals surface area contributed by atoms with Crippen molar-refractivity contribution >= 4 is 39.5 Å². The van der Waals surface area contributed by atoms with E-state index in [0.717, 1.165) is 116 Å². The third-order valence-corrected chi connectivity index (χ3v) is 17.9. The van der Waals surface area contributed by atoms with Crippen molar-refractivity contribution in [2.24, 2.45) is 0 Å². The molecule has 0 aromatic rings. The molecule has 0 saturated carbocycles. The van der Waals surface area contributed by atoms with E-state index in [1.54, 1.807) is 0 Å². The maximum absolute atomic E-state index is 13.0. The molecule has 90 heavy (non-hydrogen) atoms. The lowest BCUT2D eigenvalue weighted by atomic mass is 10.0. The topological polar surface area (TPSA) is 237 Å². The largest absolute Gasteiger partial charge is 0.472 e. The van der Waals surface area contributed by atoms with Gasteiger partial charge in [-0.05, 0) is 51.4 Å². The van der Waals surface area contributed by atoms with Crippen LogP contribution in [-0.2, 0) is 65.4 Å². The number of carbonyl (C=O) groups is 4. The van der Waals surface area contributed by atoms with Gasteiger partial charge in [-0.3, -0.25) is 37.3 Å². The molecule has 5 atom stereocenters. The van der Waals surface area contributed by atoms with Gasteiger partial charge in [0.15, 0.2) is 12.2 Å². The molecule has 0 aliphatic rings. The quantitative estimate of drug-likeness (QED) is 0.0169. The Labute approximate surface area is 548 Å². The number of hydrogen-bond donors (Lipinski definition) is 3. The number of aliphatic hydroxyl groups excluding tert-OH is 1. The molecular weight excluding hydrogens is 1190 g/mol. The third kappa shape index (κ3) is 64.3. The average Bonchev–Trinajstić information content (AvgIpc) is 3.69. The molecule has 17 nitrogen and oxygen atoms in total. The van der Waals surface area contributed by atoms with Crippen molar-refractivity contribution in [3.8, 4) is 0 Å². The summed E-state index contributed by atoms with van der Waals surface area (Å²) in [4.78, 5) is 72.3. The Hall–Kier alpha value is -2.46. The van der Waals surface area contributed by atoms with Crippen molar-refractivity contribution in [1.29, 1.82) is 0 Å². The second-order valence-electron chi connectivity index (χ2n) is 24.9.